The fourth-order valence-corrected chi connectivity index (χ4v) is 2.50. The van der Waals surface area contributed by atoms with Gasteiger partial charge in [0.05, 0.1) is 6.61 Å². The average Bonchev–Trinajstić information content (AvgIpc) is 3.11. The van der Waals surface area contributed by atoms with Crippen molar-refractivity contribution in [2.75, 3.05) is 6.61 Å². The third kappa shape index (κ3) is 5.06. The number of fused-ring (bicyclic) bond motifs is 1. The fourth-order valence-electron chi connectivity index (χ4n) is 2.50. The fraction of sp³-hybridized carbons (Fsp3) is 0.421. The maximum Gasteiger partial charge on any atom is 0.425 e. The second-order valence-corrected chi connectivity index (χ2v) is 7.20. The van der Waals surface area contributed by atoms with Crippen LogP contribution in [-0.4, -0.2) is 38.5 Å². The molecule has 0 aliphatic heterocycles. The molecule has 0 aromatic carbocycles. The largest absolute Gasteiger partial charge is 0.463 e. The summed E-state index contributed by atoms with van der Waals surface area (Å²) >= 11 is 0. The smallest absolute Gasteiger partial charge is 0.425 e. The van der Waals surface area contributed by atoms with Crippen molar-refractivity contribution < 1.29 is 35.8 Å². The van der Waals surface area contributed by atoms with Gasteiger partial charge in [-0.25, -0.2) is 9.37 Å². The maximum absolute atomic E-state index is 14.4. The minimum Gasteiger partial charge on any atom is -0.463 e. The van der Waals surface area contributed by atoms with Gasteiger partial charge in [-0.3, -0.25) is 4.40 Å². The van der Waals surface area contributed by atoms with Crippen molar-refractivity contribution in [3.63, 3.8) is 0 Å². The van der Waals surface area contributed by atoms with Crippen molar-refractivity contribution in [2.24, 2.45) is 5.92 Å². The molecule has 0 aliphatic rings. The van der Waals surface area contributed by atoms with E-state index in [1.54, 1.807) is 13.8 Å². The summed E-state index contributed by atoms with van der Waals surface area (Å²) in [6.07, 6.45) is -8.38. The summed E-state index contributed by atoms with van der Waals surface area (Å²) in [5.41, 5.74) is 0.464. The van der Waals surface area contributed by atoms with Gasteiger partial charge in [0.15, 0.2) is 17.6 Å². The van der Waals surface area contributed by atoms with Gasteiger partial charge in [0.25, 0.3) is 5.88 Å². The third-order valence-corrected chi connectivity index (χ3v) is 4.15. The lowest BCUT2D eigenvalue weighted by molar-refractivity contribution is -0.258. The molecule has 3 aromatic rings. The first kappa shape index (κ1) is 22.8. The van der Waals surface area contributed by atoms with Crippen LogP contribution in [0.3, 0.4) is 0 Å². The Morgan fingerprint density at radius 3 is 2.35 bits per heavy atom. The first-order chi connectivity index (χ1) is 14.4. The van der Waals surface area contributed by atoms with E-state index in [-0.39, 0.29) is 29.3 Å². The lowest BCUT2D eigenvalue weighted by Crippen LogP contribution is -2.31. The van der Waals surface area contributed by atoms with Crippen molar-refractivity contribution in [3.05, 3.63) is 42.2 Å². The van der Waals surface area contributed by atoms with Crippen molar-refractivity contribution in [3.8, 4) is 17.0 Å². The van der Waals surface area contributed by atoms with Gasteiger partial charge in [-0.15, -0.1) is 10.2 Å². The van der Waals surface area contributed by atoms with Gasteiger partial charge in [0.1, 0.15) is 0 Å². The molecule has 0 aliphatic carbocycles. The number of rotatable bonds is 7. The van der Waals surface area contributed by atoms with Crippen LogP contribution < -0.4 is 4.74 Å². The molecule has 3 aromatic heterocycles. The van der Waals surface area contributed by atoms with E-state index in [9.17, 15) is 26.3 Å². The van der Waals surface area contributed by atoms with Crippen LogP contribution in [0.1, 0.15) is 26.6 Å². The Kier molecular flexibility index (Phi) is 6.12. The van der Waals surface area contributed by atoms with E-state index in [2.05, 4.69) is 24.7 Å². The van der Waals surface area contributed by atoms with Crippen LogP contribution in [0.4, 0.5) is 26.3 Å². The number of nitrogens with zero attached hydrogens (tertiary/aromatic N) is 4. The Bertz CT molecular complexity index is 1070. The molecule has 0 spiro atoms. The highest BCUT2D eigenvalue weighted by Crippen LogP contribution is 2.31. The molecule has 0 bridgehead atoms. The number of hydrogen-bond donors (Lipinski definition) is 0. The second kappa shape index (κ2) is 8.33. The first-order valence-corrected chi connectivity index (χ1v) is 9.15. The summed E-state index contributed by atoms with van der Waals surface area (Å²) in [6, 6.07) is 3.72. The molecule has 12 heteroatoms. The average molecular weight is 448 g/mol. The van der Waals surface area contributed by atoms with Gasteiger partial charge >= 0.3 is 12.3 Å². The number of halogens is 6. The van der Waals surface area contributed by atoms with Crippen LogP contribution in [0.5, 0.6) is 5.88 Å². The first-order valence-electron chi connectivity index (χ1n) is 9.15. The lowest BCUT2D eigenvalue weighted by Gasteiger charge is -2.17. The maximum atomic E-state index is 14.4. The highest BCUT2D eigenvalue weighted by Gasteiger charge is 2.40. The SMILES string of the molecule is CC(C)COC(F)(F)c1nnc2ccc(-c3cnc(OC(C)C(F)(F)F)c(F)c3)cn12. The van der Waals surface area contributed by atoms with Gasteiger partial charge in [-0.05, 0) is 31.0 Å². The third-order valence-electron chi connectivity index (χ3n) is 4.15. The standard InChI is InChI=1S/C19H18F6N4O2/c1-10(2)9-30-19(24,25)17-28-27-15-5-4-12(8-29(15)17)13-6-14(20)16(26-7-13)31-11(3)18(21,22)23/h4-8,10-11H,9H2,1-3H3. The van der Waals surface area contributed by atoms with Crippen LogP contribution in [0.25, 0.3) is 16.8 Å². The summed E-state index contributed by atoms with van der Waals surface area (Å²) in [6.45, 7) is 3.92. The molecule has 0 saturated carbocycles. The predicted octanol–water partition coefficient (Wildman–Crippen LogP) is 4.98. The number of ether oxygens (including phenoxy) is 2. The van der Waals surface area contributed by atoms with E-state index in [1.807, 2.05) is 0 Å². The second-order valence-electron chi connectivity index (χ2n) is 7.20. The van der Waals surface area contributed by atoms with Crippen LogP contribution in [0.2, 0.25) is 0 Å². The van der Waals surface area contributed by atoms with Gasteiger partial charge in [-0.1, -0.05) is 13.8 Å². The normalized spacial score (nSPS) is 13.7. The van der Waals surface area contributed by atoms with E-state index in [1.165, 1.54) is 18.3 Å². The van der Waals surface area contributed by atoms with Gasteiger partial charge in [-0.2, -0.15) is 22.0 Å². The van der Waals surface area contributed by atoms with E-state index in [0.29, 0.717) is 0 Å². The van der Waals surface area contributed by atoms with Crippen LogP contribution in [0, 0.1) is 11.7 Å². The van der Waals surface area contributed by atoms with Crippen molar-refractivity contribution in [2.45, 2.75) is 39.2 Å². The molecule has 6 nitrogen and oxygen atoms in total. The minimum atomic E-state index is -4.69. The number of aromatic nitrogens is 4. The molecule has 1 unspecified atom stereocenters. The van der Waals surface area contributed by atoms with Crippen molar-refractivity contribution in [1.29, 1.82) is 0 Å². The van der Waals surface area contributed by atoms with E-state index in [0.717, 1.165) is 23.6 Å². The quantitative estimate of drug-likeness (QED) is 0.477. The van der Waals surface area contributed by atoms with Gasteiger partial charge in [0.2, 0.25) is 5.82 Å². The molecular weight excluding hydrogens is 430 g/mol. The Morgan fingerprint density at radius 1 is 1.03 bits per heavy atom. The molecule has 0 fully saturated rings. The Morgan fingerprint density at radius 2 is 1.74 bits per heavy atom. The highest BCUT2D eigenvalue weighted by molar-refractivity contribution is 5.64. The summed E-state index contributed by atoms with van der Waals surface area (Å²) in [5, 5.41) is 7.16. The van der Waals surface area contributed by atoms with Crippen LogP contribution in [-0.2, 0) is 10.8 Å². The Balaban J connectivity index is 1.92. The zero-order valence-corrected chi connectivity index (χ0v) is 16.6. The number of pyridine rings is 2. The highest BCUT2D eigenvalue weighted by atomic mass is 19.4. The molecule has 1 atom stereocenters. The zero-order valence-electron chi connectivity index (χ0n) is 16.6. The molecule has 3 rings (SSSR count). The van der Waals surface area contributed by atoms with Crippen LogP contribution in [0.15, 0.2) is 30.6 Å². The summed E-state index contributed by atoms with van der Waals surface area (Å²) in [7, 11) is 0. The van der Waals surface area contributed by atoms with Gasteiger partial charge < -0.3 is 9.47 Å². The molecule has 0 amide bonds. The predicted molar refractivity (Wildman–Crippen MR) is 97.0 cm³/mol. The molecule has 31 heavy (non-hydrogen) atoms. The summed E-state index contributed by atoms with van der Waals surface area (Å²) in [5.74, 6) is -2.87. The lowest BCUT2D eigenvalue weighted by atomic mass is 10.1. The van der Waals surface area contributed by atoms with Crippen LogP contribution >= 0.6 is 0 Å². The summed E-state index contributed by atoms with van der Waals surface area (Å²) in [4.78, 5) is 3.59. The number of alkyl halides is 5. The zero-order chi connectivity index (χ0) is 23.0. The Hall–Kier alpha value is -2.89. The topological polar surface area (TPSA) is 61.5 Å². The van der Waals surface area contributed by atoms with Crippen molar-refractivity contribution >= 4 is 5.65 Å². The minimum absolute atomic E-state index is 0.0963. The summed E-state index contributed by atoms with van der Waals surface area (Å²) < 4.78 is 91.1. The van der Waals surface area contributed by atoms with Gasteiger partial charge in [0, 0.05) is 23.5 Å². The van der Waals surface area contributed by atoms with E-state index >= 15 is 0 Å². The number of hydrogen-bond acceptors (Lipinski definition) is 5. The van der Waals surface area contributed by atoms with E-state index < -0.39 is 35.9 Å². The monoisotopic (exact) mass is 448 g/mol. The molecule has 168 valence electrons. The molecule has 0 radical (unpaired) electrons. The van der Waals surface area contributed by atoms with E-state index in [4.69, 9.17) is 0 Å². The molecular formula is C19H18F6N4O2. The van der Waals surface area contributed by atoms with Crippen molar-refractivity contribution in [1.82, 2.24) is 19.6 Å². The Labute approximate surface area is 172 Å². The molecule has 0 saturated heterocycles. The molecule has 0 N–H and O–H groups in total. The molecule has 3 heterocycles.